The zero-order valence-corrected chi connectivity index (χ0v) is 20.9. The Hall–Kier alpha value is -3.13. The summed E-state index contributed by atoms with van der Waals surface area (Å²) in [5.41, 5.74) is 3.51. The van der Waals surface area contributed by atoms with E-state index >= 15 is 0 Å². The fourth-order valence-corrected chi connectivity index (χ4v) is 4.79. The van der Waals surface area contributed by atoms with Gasteiger partial charge >= 0.3 is 0 Å². The topological polar surface area (TPSA) is 95.8 Å². The van der Waals surface area contributed by atoms with Crippen LogP contribution in [0.25, 0.3) is 11.3 Å². The van der Waals surface area contributed by atoms with E-state index in [-0.39, 0.29) is 24.2 Å². The lowest BCUT2D eigenvalue weighted by atomic mass is 10.0. The molecule has 190 valence electrons. The number of aliphatic hydroxyl groups is 1. The Labute approximate surface area is 212 Å². The number of aliphatic hydroxyl groups excluding tert-OH is 1. The van der Waals surface area contributed by atoms with Gasteiger partial charge in [-0.3, -0.25) is 4.79 Å². The van der Waals surface area contributed by atoms with E-state index in [9.17, 15) is 9.90 Å². The lowest BCUT2D eigenvalue weighted by molar-refractivity contribution is 0.0937. The van der Waals surface area contributed by atoms with E-state index in [2.05, 4.69) is 22.0 Å². The first-order valence-corrected chi connectivity index (χ1v) is 12.8. The number of rotatable bonds is 9. The summed E-state index contributed by atoms with van der Waals surface area (Å²) < 4.78 is 12.0. The Morgan fingerprint density at radius 2 is 2.03 bits per heavy atom. The molecule has 1 saturated carbocycles. The van der Waals surface area contributed by atoms with Crippen LogP contribution in [0, 0.1) is 6.92 Å². The normalized spacial score (nSPS) is 20.6. The first-order valence-electron chi connectivity index (χ1n) is 12.8. The van der Waals surface area contributed by atoms with E-state index in [1.54, 1.807) is 0 Å². The van der Waals surface area contributed by atoms with E-state index in [0.717, 1.165) is 66.3 Å². The van der Waals surface area contributed by atoms with Crippen molar-refractivity contribution in [1.29, 1.82) is 0 Å². The van der Waals surface area contributed by atoms with Gasteiger partial charge in [-0.1, -0.05) is 24.3 Å². The number of carbonyl (C=O) groups is 1. The van der Waals surface area contributed by atoms with Gasteiger partial charge in [-0.05, 0) is 74.6 Å². The van der Waals surface area contributed by atoms with Crippen molar-refractivity contribution in [3.8, 4) is 17.1 Å². The largest absolute Gasteiger partial charge is 0.488 e. The molecule has 2 aliphatic rings. The number of benzene rings is 2. The SMILES string of the molecule is Cc1ccc(OC2CNC2)cc1C(=O)N[C@H](C)c1cccc(-c2ccc(CN[C@H]3CC[C@@H](O)C3)o2)c1. The van der Waals surface area contributed by atoms with Crippen molar-refractivity contribution in [3.05, 3.63) is 77.0 Å². The number of ether oxygens (including phenoxy) is 1. The Morgan fingerprint density at radius 3 is 2.78 bits per heavy atom. The van der Waals surface area contributed by atoms with Gasteiger partial charge in [-0.15, -0.1) is 0 Å². The average molecular weight is 490 g/mol. The van der Waals surface area contributed by atoms with Gasteiger partial charge < -0.3 is 30.2 Å². The van der Waals surface area contributed by atoms with Crippen LogP contribution in [0.2, 0.25) is 0 Å². The molecule has 5 rings (SSSR count). The molecule has 0 unspecified atom stereocenters. The molecule has 36 heavy (non-hydrogen) atoms. The molecule has 4 N–H and O–H groups in total. The Morgan fingerprint density at radius 1 is 1.17 bits per heavy atom. The lowest BCUT2D eigenvalue weighted by Gasteiger charge is -2.28. The highest BCUT2D eigenvalue weighted by atomic mass is 16.5. The third kappa shape index (κ3) is 5.81. The van der Waals surface area contributed by atoms with E-state index in [4.69, 9.17) is 9.15 Å². The molecule has 3 aromatic rings. The standard InChI is InChI=1S/C29H35N3O4/c1-18-6-9-24(35-26-15-30-16-26)14-27(18)29(34)32-19(2)20-4-3-5-21(12-20)28-11-10-25(36-28)17-31-22-7-8-23(33)13-22/h3-6,9-12,14,19,22-23,26,30-31,33H,7-8,13,15-17H2,1-2H3,(H,32,34)/t19-,22+,23-/m1/s1. The van der Waals surface area contributed by atoms with Crippen LogP contribution in [0.4, 0.5) is 0 Å². The van der Waals surface area contributed by atoms with Crippen LogP contribution in [0.5, 0.6) is 5.75 Å². The second-order valence-electron chi connectivity index (χ2n) is 10.0. The molecular weight excluding hydrogens is 454 g/mol. The van der Waals surface area contributed by atoms with Crippen LogP contribution in [0.1, 0.15) is 59.5 Å². The predicted molar refractivity (Wildman–Crippen MR) is 139 cm³/mol. The highest BCUT2D eigenvalue weighted by Gasteiger charge is 2.23. The molecule has 2 fully saturated rings. The van der Waals surface area contributed by atoms with Gasteiger partial charge in [-0.25, -0.2) is 0 Å². The molecule has 1 aliphatic carbocycles. The van der Waals surface area contributed by atoms with Crippen molar-refractivity contribution in [3.63, 3.8) is 0 Å². The third-order valence-corrected chi connectivity index (χ3v) is 7.15. The maximum Gasteiger partial charge on any atom is 0.252 e. The van der Waals surface area contributed by atoms with Gasteiger partial charge in [0.15, 0.2) is 0 Å². The number of hydrogen-bond donors (Lipinski definition) is 4. The molecule has 0 radical (unpaired) electrons. The van der Waals surface area contributed by atoms with Crippen LogP contribution in [-0.4, -0.2) is 42.4 Å². The fourth-order valence-electron chi connectivity index (χ4n) is 4.79. The van der Waals surface area contributed by atoms with Crippen molar-refractivity contribution in [2.75, 3.05) is 13.1 Å². The lowest BCUT2D eigenvalue weighted by Crippen LogP contribution is -2.50. The Balaban J connectivity index is 1.22. The Bertz CT molecular complexity index is 1200. The van der Waals surface area contributed by atoms with Crippen LogP contribution < -0.4 is 20.7 Å². The zero-order valence-electron chi connectivity index (χ0n) is 20.9. The minimum Gasteiger partial charge on any atom is -0.488 e. The summed E-state index contributed by atoms with van der Waals surface area (Å²) >= 11 is 0. The maximum atomic E-state index is 13.1. The van der Waals surface area contributed by atoms with E-state index < -0.39 is 0 Å². The number of hydrogen-bond acceptors (Lipinski definition) is 6. The molecule has 0 bridgehead atoms. The second kappa shape index (κ2) is 10.9. The van der Waals surface area contributed by atoms with Crippen molar-refractivity contribution in [2.45, 2.75) is 63.9 Å². The summed E-state index contributed by atoms with van der Waals surface area (Å²) in [6.45, 7) is 6.23. The van der Waals surface area contributed by atoms with Crippen LogP contribution in [0.3, 0.4) is 0 Å². The number of nitrogens with one attached hydrogen (secondary N) is 3. The van der Waals surface area contributed by atoms with Crippen LogP contribution >= 0.6 is 0 Å². The summed E-state index contributed by atoms with van der Waals surface area (Å²) in [5.74, 6) is 2.27. The summed E-state index contributed by atoms with van der Waals surface area (Å²) in [6.07, 6.45) is 2.63. The molecule has 0 spiro atoms. The van der Waals surface area contributed by atoms with E-state index in [0.29, 0.717) is 18.2 Å². The summed E-state index contributed by atoms with van der Waals surface area (Å²) in [7, 11) is 0. The van der Waals surface area contributed by atoms with Crippen molar-refractivity contribution < 1.29 is 19.1 Å². The monoisotopic (exact) mass is 489 g/mol. The van der Waals surface area contributed by atoms with Crippen LogP contribution in [-0.2, 0) is 6.54 Å². The van der Waals surface area contributed by atoms with Gasteiger partial charge in [0.2, 0.25) is 0 Å². The highest BCUT2D eigenvalue weighted by molar-refractivity contribution is 5.96. The van der Waals surface area contributed by atoms with Gasteiger partial charge in [0.05, 0.1) is 18.7 Å². The fraction of sp³-hybridized carbons (Fsp3) is 0.414. The first kappa shape index (κ1) is 24.6. The molecule has 1 aliphatic heterocycles. The zero-order chi connectivity index (χ0) is 25.1. The van der Waals surface area contributed by atoms with Gasteiger partial charge in [0.1, 0.15) is 23.4 Å². The van der Waals surface area contributed by atoms with Crippen LogP contribution in [0.15, 0.2) is 59.0 Å². The molecule has 1 saturated heterocycles. The highest BCUT2D eigenvalue weighted by Crippen LogP contribution is 2.27. The van der Waals surface area contributed by atoms with Crippen molar-refractivity contribution in [2.24, 2.45) is 0 Å². The molecule has 1 amide bonds. The molecule has 7 nitrogen and oxygen atoms in total. The molecular formula is C29H35N3O4. The number of aryl methyl sites for hydroxylation is 1. The summed E-state index contributed by atoms with van der Waals surface area (Å²) in [5, 5.41) is 19.5. The smallest absolute Gasteiger partial charge is 0.252 e. The van der Waals surface area contributed by atoms with E-state index in [1.807, 2.05) is 62.4 Å². The average Bonchev–Trinajstić information content (AvgIpc) is 3.50. The minimum absolute atomic E-state index is 0.119. The second-order valence-corrected chi connectivity index (χ2v) is 10.0. The number of furan rings is 1. The molecule has 2 aromatic carbocycles. The predicted octanol–water partition coefficient (Wildman–Crippen LogP) is 4.10. The summed E-state index contributed by atoms with van der Waals surface area (Å²) in [4.78, 5) is 13.1. The first-order chi connectivity index (χ1) is 17.4. The molecule has 3 atom stereocenters. The van der Waals surface area contributed by atoms with Gasteiger partial charge in [0, 0.05) is 30.3 Å². The number of carbonyl (C=O) groups excluding carboxylic acids is 1. The van der Waals surface area contributed by atoms with Gasteiger partial charge in [0.25, 0.3) is 5.91 Å². The third-order valence-electron chi connectivity index (χ3n) is 7.15. The minimum atomic E-state index is -0.189. The number of amides is 1. The van der Waals surface area contributed by atoms with Crippen molar-refractivity contribution >= 4 is 5.91 Å². The Kier molecular flexibility index (Phi) is 7.41. The molecule has 1 aromatic heterocycles. The van der Waals surface area contributed by atoms with E-state index in [1.165, 1.54) is 0 Å². The molecule has 7 heteroatoms. The maximum absolute atomic E-state index is 13.1. The summed E-state index contributed by atoms with van der Waals surface area (Å²) in [6, 6.07) is 17.9. The van der Waals surface area contributed by atoms with Gasteiger partial charge in [-0.2, -0.15) is 0 Å². The molecule has 2 heterocycles. The quantitative estimate of drug-likeness (QED) is 0.362. The van der Waals surface area contributed by atoms with Crippen molar-refractivity contribution in [1.82, 2.24) is 16.0 Å².